The molecule has 0 radical (unpaired) electrons. The van der Waals surface area contributed by atoms with Gasteiger partial charge in [0.25, 0.3) is 0 Å². The molecule has 2 rings (SSSR count). The summed E-state index contributed by atoms with van der Waals surface area (Å²) >= 11 is 0. The number of nitrogens with one attached hydrogen (secondary N) is 1. The quantitative estimate of drug-likeness (QED) is 0.881. The highest BCUT2D eigenvalue weighted by Gasteiger charge is 2.33. The fourth-order valence-electron chi connectivity index (χ4n) is 2.66. The molecule has 1 nitrogen and oxygen atoms in total. The Balaban J connectivity index is 2.44. The van der Waals surface area contributed by atoms with Crippen molar-refractivity contribution < 1.29 is 8.78 Å². The summed E-state index contributed by atoms with van der Waals surface area (Å²) in [6.45, 7) is 4.04. The fourth-order valence-corrected chi connectivity index (χ4v) is 2.66. The maximum absolute atomic E-state index is 14.0. The first-order valence-electron chi connectivity index (χ1n) is 6.64. The van der Waals surface area contributed by atoms with Crippen LogP contribution in [0.2, 0.25) is 0 Å². The van der Waals surface area contributed by atoms with Gasteiger partial charge in [0.15, 0.2) is 0 Å². The first-order valence-corrected chi connectivity index (χ1v) is 6.64. The van der Waals surface area contributed by atoms with E-state index in [2.05, 4.69) is 5.32 Å². The highest BCUT2D eigenvalue weighted by atomic mass is 19.1. The third-order valence-corrected chi connectivity index (χ3v) is 3.81. The van der Waals surface area contributed by atoms with Crippen LogP contribution in [0, 0.1) is 11.6 Å². The van der Waals surface area contributed by atoms with Crippen molar-refractivity contribution in [3.8, 4) is 0 Å². The first kappa shape index (κ1) is 14.7. The maximum atomic E-state index is 14.0. The molecule has 0 amide bonds. The number of hydrogen-bond donors (Lipinski definition) is 1. The third kappa shape index (κ3) is 2.73. The number of hydrogen-bond acceptors (Lipinski definition) is 1. The summed E-state index contributed by atoms with van der Waals surface area (Å²) in [7, 11) is 1.81. The van der Waals surface area contributed by atoms with E-state index in [0.717, 1.165) is 5.56 Å². The second-order valence-electron chi connectivity index (χ2n) is 5.47. The van der Waals surface area contributed by atoms with Gasteiger partial charge in [0, 0.05) is 17.0 Å². The van der Waals surface area contributed by atoms with Gasteiger partial charge in [-0.3, -0.25) is 0 Å². The topological polar surface area (TPSA) is 12.0 Å². The Morgan fingerprint density at radius 2 is 1.55 bits per heavy atom. The van der Waals surface area contributed by atoms with Gasteiger partial charge in [-0.05, 0) is 30.8 Å². The smallest absolute Gasteiger partial charge is 0.128 e. The van der Waals surface area contributed by atoms with Crippen molar-refractivity contribution in [2.24, 2.45) is 0 Å². The molecule has 0 aliphatic rings. The molecular weight excluding hydrogens is 256 g/mol. The van der Waals surface area contributed by atoms with Gasteiger partial charge in [0.2, 0.25) is 0 Å². The highest BCUT2D eigenvalue weighted by molar-refractivity contribution is 5.32. The van der Waals surface area contributed by atoms with Gasteiger partial charge in [0.05, 0.1) is 0 Å². The lowest BCUT2D eigenvalue weighted by molar-refractivity contribution is 0.357. The molecule has 0 saturated heterocycles. The summed E-state index contributed by atoms with van der Waals surface area (Å²) in [5.41, 5.74) is 1.20. The Morgan fingerprint density at radius 1 is 0.950 bits per heavy atom. The molecule has 2 aromatic rings. The minimum Gasteiger partial charge on any atom is -0.312 e. The summed E-state index contributed by atoms with van der Waals surface area (Å²) in [5, 5.41) is 3.18. The Bertz CT molecular complexity index is 576. The van der Waals surface area contributed by atoms with Crippen LogP contribution in [0.1, 0.15) is 31.0 Å². The summed E-state index contributed by atoms with van der Waals surface area (Å²) < 4.78 is 27.1. The Hall–Kier alpha value is -1.74. The van der Waals surface area contributed by atoms with Crippen LogP contribution in [0.5, 0.6) is 0 Å². The summed E-state index contributed by atoms with van der Waals surface area (Å²) in [5.74, 6) is -0.501. The van der Waals surface area contributed by atoms with Crippen molar-refractivity contribution in [1.29, 1.82) is 0 Å². The molecule has 3 heteroatoms. The molecule has 0 aliphatic heterocycles. The number of benzene rings is 2. The van der Waals surface area contributed by atoms with Gasteiger partial charge >= 0.3 is 0 Å². The Kier molecular flexibility index (Phi) is 4.19. The zero-order valence-corrected chi connectivity index (χ0v) is 12.0. The molecule has 0 heterocycles. The van der Waals surface area contributed by atoms with Crippen LogP contribution >= 0.6 is 0 Å². The van der Waals surface area contributed by atoms with E-state index in [1.807, 2.05) is 27.0 Å². The molecule has 0 saturated carbocycles. The average molecular weight is 275 g/mol. The van der Waals surface area contributed by atoms with Crippen molar-refractivity contribution >= 4 is 0 Å². The van der Waals surface area contributed by atoms with E-state index in [1.54, 1.807) is 24.3 Å². The van der Waals surface area contributed by atoms with Crippen molar-refractivity contribution in [3.63, 3.8) is 0 Å². The lowest BCUT2D eigenvalue weighted by Crippen LogP contribution is -2.36. The van der Waals surface area contributed by atoms with Gasteiger partial charge in [0.1, 0.15) is 11.6 Å². The molecule has 20 heavy (non-hydrogen) atoms. The van der Waals surface area contributed by atoms with Crippen LogP contribution in [0.15, 0.2) is 48.5 Å². The average Bonchev–Trinajstić information content (AvgIpc) is 2.42. The molecule has 0 aromatic heterocycles. The SMILES string of the molecule is CNC(c1ccccc1F)C(C)(C)c1ccc(F)cc1. The van der Waals surface area contributed by atoms with E-state index in [0.29, 0.717) is 5.56 Å². The second-order valence-corrected chi connectivity index (χ2v) is 5.47. The molecule has 1 N–H and O–H groups in total. The normalized spacial score (nSPS) is 13.2. The number of rotatable bonds is 4. The van der Waals surface area contributed by atoms with Gasteiger partial charge in [-0.1, -0.05) is 44.2 Å². The molecule has 0 aliphatic carbocycles. The maximum Gasteiger partial charge on any atom is 0.128 e. The first-order chi connectivity index (χ1) is 9.46. The van der Waals surface area contributed by atoms with E-state index in [1.165, 1.54) is 18.2 Å². The van der Waals surface area contributed by atoms with Gasteiger partial charge in [-0.25, -0.2) is 8.78 Å². The van der Waals surface area contributed by atoms with Crippen LogP contribution < -0.4 is 5.32 Å². The van der Waals surface area contributed by atoms with Crippen molar-refractivity contribution in [2.75, 3.05) is 7.05 Å². The lowest BCUT2D eigenvalue weighted by Gasteiger charge is -2.35. The van der Waals surface area contributed by atoms with Gasteiger partial charge < -0.3 is 5.32 Å². The van der Waals surface area contributed by atoms with E-state index < -0.39 is 0 Å². The van der Waals surface area contributed by atoms with E-state index >= 15 is 0 Å². The summed E-state index contributed by atoms with van der Waals surface area (Å²) in [6.07, 6.45) is 0. The monoisotopic (exact) mass is 275 g/mol. The molecule has 0 fully saturated rings. The van der Waals surface area contributed by atoms with Crippen molar-refractivity contribution in [2.45, 2.75) is 25.3 Å². The lowest BCUT2D eigenvalue weighted by atomic mass is 9.75. The van der Waals surface area contributed by atoms with Crippen LogP contribution in [-0.2, 0) is 5.41 Å². The van der Waals surface area contributed by atoms with E-state index in [4.69, 9.17) is 0 Å². The zero-order valence-electron chi connectivity index (χ0n) is 12.0. The molecule has 0 bridgehead atoms. The van der Waals surface area contributed by atoms with Crippen molar-refractivity contribution in [1.82, 2.24) is 5.32 Å². The van der Waals surface area contributed by atoms with E-state index in [9.17, 15) is 8.78 Å². The predicted molar refractivity (Wildman–Crippen MR) is 77.6 cm³/mol. The minimum atomic E-state index is -0.370. The molecule has 1 unspecified atom stereocenters. The highest BCUT2D eigenvalue weighted by Crippen LogP contribution is 2.37. The second kappa shape index (κ2) is 5.71. The predicted octanol–water partition coefficient (Wildman–Crippen LogP) is 4.20. The standard InChI is InChI=1S/C17H19F2N/c1-17(2,12-8-10-13(18)11-9-12)16(20-3)14-6-4-5-7-15(14)19/h4-11,16,20H,1-3H3. The number of likely N-dealkylation sites (N-methyl/N-ethyl adjacent to an activating group) is 1. The largest absolute Gasteiger partial charge is 0.312 e. The minimum absolute atomic E-state index is 0.200. The Morgan fingerprint density at radius 3 is 2.10 bits per heavy atom. The molecular formula is C17H19F2N. The van der Waals surface area contributed by atoms with Crippen LogP contribution in [0.4, 0.5) is 8.78 Å². The van der Waals surface area contributed by atoms with Gasteiger partial charge in [-0.2, -0.15) is 0 Å². The molecule has 0 spiro atoms. The van der Waals surface area contributed by atoms with E-state index in [-0.39, 0.29) is 23.1 Å². The summed E-state index contributed by atoms with van der Waals surface area (Å²) in [6, 6.07) is 12.9. The molecule has 2 aromatic carbocycles. The third-order valence-electron chi connectivity index (χ3n) is 3.81. The van der Waals surface area contributed by atoms with Crippen LogP contribution in [0.3, 0.4) is 0 Å². The van der Waals surface area contributed by atoms with Crippen molar-refractivity contribution in [3.05, 3.63) is 71.3 Å². The van der Waals surface area contributed by atoms with Crippen LogP contribution in [0.25, 0.3) is 0 Å². The summed E-state index contributed by atoms with van der Waals surface area (Å²) in [4.78, 5) is 0. The van der Waals surface area contributed by atoms with Gasteiger partial charge in [-0.15, -0.1) is 0 Å². The number of halogens is 2. The zero-order chi connectivity index (χ0) is 14.8. The fraction of sp³-hybridized carbons (Fsp3) is 0.294. The molecule has 106 valence electrons. The van der Waals surface area contributed by atoms with Crippen LogP contribution in [-0.4, -0.2) is 7.05 Å². The molecule has 1 atom stereocenters. The Labute approximate surface area is 118 Å².